The zero-order valence-electron chi connectivity index (χ0n) is 14.9. The molecule has 0 aliphatic heterocycles. The van der Waals surface area contributed by atoms with Crippen LogP contribution in [0.2, 0.25) is 0 Å². The van der Waals surface area contributed by atoms with E-state index in [9.17, 15) is 0 Å². The molecule has 19 heavy (non-hydrogen) atoms. The van der Waals surface area contributed by atoms with Crippen molar-refractivity contribution in [2.45, 2.75) is 99.8 Å². The molecule has 0 aliphatic rings. The first-order valence-electron chi connectivity index (χ1n) is 8.70. The lowest BCUT2D eigenvalue weighted by atomic mass is 9.85. The molecule has 0 aliphatic carbocycles. The van der Waals surface area contributed by atoms with Gasteiger partial charge in [0.15, 0.2) is 0 Å². The number of hydrogen-bond donors (Lipinski definition) is 0. The molecule has 0 spiro atoms. The molecule has 0 heteroatoms. The zero-order valence-corrected chi connectivity index (χ0v) is 14.9. The van der Waals surface area contributed by atoms with Crippen molar-refractivity contribution in [1.82, 2.24) is 0 Å². The zero-order chi connectivity index (χ0) is 14.9. The van der Waals surface area contributed by atoms with Crippen LogP contribution < -0.4 is 0 Å². The van der Waals surface area contributed by atoms with Crippen molar-refractivity contribution in [1.29, 1.82) is 0 Å². The van der Waals surface area contributed by atoms with Gasteiger partial charge in [-0.25, -0.2) is 0 Å². The van der Waals surface area contributed by atoms with Gasteiger partial charge in [-0.05, 0) is 29.6 Å². The van der Waals surface area contributed by atoms with Crippen LogP contribution in [-0.2, 0) is 0 Å². The SMILES string of the molecule is CC(C)CCCC(C)CCCC(C)CCC(C)(C)C. The lowest BCUT2D eigenvalue weighted by Crippen LogP contribution is -2.08. The van der Waals surface area contributed by atoms with E-state index in [0.29, 0.717) is 5.41 Å². The van der Waals surface area contributed by atoms with Crippen LogP contribution in [0.1, 0.15) is 99.8 Å². The highest BCUT2D eigenvalue weighted by molar-refractivity contribution is 4.65. The van der Waals surface area contributed by atoms with Crippen LogP contribution in [0.15, 0.2) is 0 Å². The van der Waals surface area contributed by atoms with Gasteiger partial charge in [0.05, 0.1) is 0 Å². The summed E-state index contributed by atoms with van der Waals surface area (Å²) in [5, 5.41) is 0. The number of hydrogen-bond acceptors (Lipinski definition) is 0. The van der Waals surface area contributed by atoms with Crippen LogP contribution in [0.5, 0.6) is 0 Å². The third-order valence-electron chi connectivity index (χ3n) is 4.26. The second-order valence-corrected chi connectivity index (χ2v) is 8.57. The standard InChI is InChI=1S/C19H40/c1-16(2)10-8-11-17(3)12-9-13-18(4)14-15-19(5,6)7/h16-18H,8-15H2,1-7H3. The summed E-state index contributed by atoms with van der Waals surface area (Å²) in [5.41, 5.74) is 0.512. The maximum absolute atomic E-state index is 2.44. The summed E-state index contributed by atoms with van der Waals surface area (Å²) in [5.74, 6) is 2.74. The minimum atomic E-state index is 0.512. The van der Waals surface area contributed by atoms with Crippen molar-refractivity contribution in [3.8, 4) is 0 Å². The van der Waals surface area contributed by atoms with Gasteiger partial charge >= 0.3 is 0 Å². The second kappa shape index (κ2) is 9.83. The van der Waals surface area contributed by atoms with Gasteiger partial charge in [0.2, 0.25) is 0 Å². The van der Waals surface area contributed by atoms with Crippen molar-refractivity contribution in [2.75, 3.05) is 0 Å². The van der Waals surface area contributed by atoms with Crippen molar-refractivity contribution < 1.29 is 0 Å². The molecule has 0 saturated heterocycles. The Morgan fingerprint density at radius 3 is 1.47 bits per heavy atom. The first-order valence-corrected chi connectivity index (χ1v) is 8.70. The Morgan fingerprint density at radius 1 is 0.632 bits per heavy atom. The van der Waals surface area contributed by atoms with E-state index in [1.165, 1.54) is 51.4 Å². The minimum absolute atomic E-state index is 0.512. The first kappa shape index (κ1) is 19.0. The summed E-state index contributed by atoms with van der Waals surface area (Å²) in [6, 6.07) is 0. The molecule has 0 rings (SSSR count). The molecule has 0 aromatic heterocycles. The summed E-state index contributed by atoms with van der Waals surface area (Å²) in [4.78, 5) is 0. The highest BCUT2D eigenvalue weighted by Gasteiger charge is 2.12. The van der Waals surface area contributed by atoms with Crippen molar-refractivity contribution in [3.05, 3.63) is 0 Å². The third kappa shape index (κ3) is 14.2. The van der Waals surface area contributed by atoms with Gasteiger partial charge in [-0.3, -0.25) is 0 Å². The molecule has 2 unspecified atom stereocenters. The van der Waals surface area contributed by atoms with E-state index >= 15 is 0 Å². The molecule has 0 aromatic carbocycles. The molecule has 0 fully saturated rings. The maximum Gasteiger partial charge on any atom is -0.0383 e. The Hall–Kier alpha value is 0. The summed E-state index contributed by atoms with van der Waals surface area (Å²) in [7, 11) is 0. The van der Waals surface area contributed by atoms with E-state index in [0.717, 1.165) is 17.8 Å². The normalized spacial score (nSPS) is 15.8. The maximum atomic E-state index is 2.44. The van der Waals surface area contributed by atoms with E-state index in [1.54, 1.807) is 0 Å². The second-order valence-electron chi connectivity index (χ2n) is 8.57. The van der Waals surface area contributed by atoms with Crippen molar-refractivity contribution in [2.24, 2.45) is 23.2 Å². The van der Waals surface area contributed by atoms with Gasteiger partial charge in [0.1, 0.15) is 0 Å². The van der Waals surface area contributed by atoms with E-state index in [4.69, 9.17) is 0 Å². The minimum Gasteiger partial charge on any atom is -0.0628 e. The van der Waals surface area contributed by atoms with E-state index in [2.05, 4.69) is 48.5 Å². The van der Waals surface area contributed by atoms with Crippen LogP contribution in [-0.4, -0.2) is 0 Å². The van der Waals surface area contributed by atoms with Gasteiger partial charge in [-0.2, -0.15) is 0 Å². The number of rotatable bonds is 10. The Balaban J connectivity index is 3.50. The van der Waals surface area contributed by atoms with Crippen molar-refractivity contribution in [3.63, 3.8) is 0 Å². The van der Waals surface area contributed by atoms with Crippen LogP contribution in [0.25, 0.3) is 0 Å². The average molecular weight is 269 g/mol. The average Bonchev–Trinajstić information content (AvgIpc) is 2.25. The molecule has 116 valence electrons. The fourth-order valence-corrected chi connectivity index (χ4v) is 2.66. The first-order chi connectivity index (χ1) is 8.70. The molecule has 0 nitrogen and oxygen atoms in total. The highest BCUT2D eigenvalue weighted by atomic mass is 14.2. The van der Waals surface area contributed by atoms with Crippen LogP contribution in [0.3, 0.4) is 0 Å². The Labute approximate surface area is 123 Å². The lowest BCUT2D eigenvalue weighted by molar-refractivity contribution is 0.314. The molecule has 2 atom stereocenters. The molecular formula is C19H40. The highest BCUT2D eigenvalue weighted by Crippen LogP contribution is 2.26. The summed E-state index contributed by atoms with van der Waals surface area (Å²) in [6.07, 6.45) is 11.4. The van der Waals surface area contributed by atoms with Gasteiger partial charge in [-0.15, -0.1) is 0 Å². The largest absolute Gasteiger partial charge is 0.0628 e. The summed E-state index contributed by atoms with van der Waals surface area (Å²) in [6.45, 7) is 16.6. The molecule has 0 amide bonds. The van der Waals surface area contributed by atoms with E-state index in [-0.39, 0.29) is 0 Å². The van der Waals surface area contributed by atoms with Gasteiger partial charge in [0.25, 0.3) is 0 Å². The molecule has 0 radical (unpaired) electrons. The molecule has 0 N–H and O–H groups in total. The predicted octanol–water partition coefficient (Wildman–Crippen LogP) is 7.08. The lowest BCUT2D eigenvalue weighted by Gasteiger charge is -2.21. The van der Waals surface area contributed by atoms with E-state index in [1.807, 2.05) is 0 Å². The quantitative estimate of drug-likeness (QED) is 0.397. The summed E-state index contributed by atoms with van der Waals surface area (Å²) >= 11 is 0. The van der Waals surface area contributed by atoms with Gasteiger partial charge in [-0.1, -0.05) is 93.4 Å². The monoisotopic (exact) mass is 268 g/mol. The molecule has 0 bridgehead atoms. The van der Waals surface area contributed by atoms with Crippen LogP contribution >= 0.6 is 0 Å². The topological polar surface area (TPSA) is 0 Å². The Morgan fingerprint density at radius 2 is 1.05 bits per heavy atom. The predicted molar refractivity (Wildman–Crippen MR) is 89.6 cm³/mol. The molecule has 0 saturated carbocycles. The third-order valence-corrected chi connectivity index (χ3v) is 4.26. The van der Waals surface area contributed by atoms with E-state index < -0.39 is 0 Å². The fraction of sp³-hybridized carbons (Fsp3) is 1.00. The van der Waals surface area contributed by atoms with Crippen LogP contribution in [0, 0.1) is 23.2 Å². The fourth-order valence-electron chi connectivity index (χ4n) is 2.66. The Bertz CT molecular complexity index is 197. The van der Waals surface area contributed by atoms with Gasteiger partial charge in [0, 0.05) is 0 Å². The Kier molecular flexibility index (Phi) is 9.83. The molecular weight excluding hydrogens is 228 g/mol. The van der Waals surface area contributed by atoms with Crippen LogP contribution in [0.4, 0.5) is 0 Å². The summed E-state index contributed by atoms with van der Waals surface area (Å²) < 4.78 is 0. The van der Waals surface area contributed by atoms with Gasteiger partial charge < -0.3 is 0 Å². The molecule has 0 aromatic rings. The van der Waals surface area contributed by atoms with Crippen molar-refractivity contribution >= 4 is 0 Å². The molecule has 0 heterocycles. The smallest absolute Gasteiger partial charge is 0.0383 e.